The third-order valence-electron chi connectivity index (χ3n) is 11.5. The lowest BCUT2D eigenvalue weighted by Gasteiger charge is -2.62. The number of alkyl halides is 6. The second-order valence-corrected chi connectivity index (χ2v) is 15.3. The first kappa shape index (κ1) is 34.8. The fourth-order valence-electron chi connectivity index (χ4n) is 9.11. The predicted molar refractivity (Wildman–Crippen MR) is 141 cm³/mol. The number of halogens is 6. The van der Waals surface area contributed by atoms with E-state index in [1.807, 2.05) is 0 Å². The maximum absolute atomic E-state index is 14.0. The SMILES string of the molecule is CC(CCC(=O)OC(CS(=O)(=O)O)(C(F)(F)F)C(F)(F)F)C1CCCC2C3C(=O)CC4CC(=O)CCC4(C)C3CC(=O)C12C. The summed E-state index contributed by atoms with van der Waals surface area (Å²) in [6, 6.07) is 0. The van der Waals surface area contributed by atoms with Crippen molar-refractivity contribution in [3.05, 3.63) is 0 Å². The first-order valence-electron chi connectivity index (χ1n) is 14.9. The number of ketones is 3. The summed E-state index contributed by atoms with van der Waals surface area (Å²) in [6.45, 7) is 5.46. The normalized spacial score (nSPS) is 35.8. The van der Waals surface area contributed by atoms with Crippen molar-refractivity contribution in [1.29, 1.82) is 0 Å². The van der Waals surface area contributed by atoms with Crippen LogP contribution >= 0.6 is 0 Å². The van der Waals surface area contributed by atoms with Crippen molar-refractivity contribution in [1.82, 2.24) is 0 Å². The number of hydrogen-bond acceptors (Lipinski definition) is 7. The molecule has 0 spiro atoms. The molecule has 4 aliphatic carbocycles. The van der Waals surface area contributed by atoms with Crippen LogP contribution in [0, 0.1) is 46.3 Å². The van der Waals surface area contributed by atoms with Crippen molar-refractivity contribution in [2.24, 2.45) is 46.3 Å². The van der Waals surface area contributed by atoms with Gasteiger partial charge in [-0.15, -0.1) is 0 Å². The van der Waals surface area contributed by atoms with Gasteiger partial charge in [0, 0.05) is 43.4 Å². The summed E-state index contributed by atoms with van der Waals surface area (Å²) in [5, 5.41) is 0. The first-order valence-corrected chi connectivity index (χ1v) is 16.5. The Bertz CT molecular complexity index is 1300. The van der Waals surface area contributed by atoms with Crippen LogP contribution in [0.5, 0.6) is 0 Å². The van der Waals surface area contributed by atoms with Crippen LogP contribution in [0.1, 0.15) is 85.0 Å². The molecule has 0 radical (unpaired) electrons. The van der Waals surface area contributed by atoms with Crippen LogP contribution in [0.2, 0.25) is 0 Å². The van der Waals surface area contributed by atoms with E-state index in [0.717, 1.165) is 0 Å². The second-order valence-electron chi connectivity index (χ2n) is 13.8. The lowest BCUT2D eigenvalue weighted by Crippen LogP contribution is -2.63. The third kappa shape index (κ3) is 5.84. The molecule has 0 aliphatic heterocycles. The summed E-state index contributed by atoms with van der Waals surface area (Å²) >= 11 is 0. The molecule has 4 saturated carbocycles. The molecule has 0 saturated heterocycles. The molecule has 8 atom stereocenters. The Hall–Kier alpha value is -2.03. The van der Waals surface area contributed by atoms with Gasteiger partial charge in [-0.1, -0.05) is 27.2 Å². The fourth-order valence-corrected chi connectivity index (χ4v) is 10.0. The Kier molecular flexibility index (Phi) is 8.98. The smallest absolute Gasteiger partial charge is 0.438 e. The third-order valence-corrected chi connectivity index (χ3v) is 12.3. The summed E-state index contributed by atoms with van der Waals surface area (Å²) in [5.41, 5.74) is -6.83. The Morgan fingerprint density at radius 1 is 1.00 bits per heavy atom. The maximum Gasteiger partial charge on any atom is 0.438 e. The number of esters is 1. The number of carbonyl (C=O) groups is 4. The number of rotatable bonds is 7. The van der Waals surface area contributed by atoms with Gasteiger partial charge in [-0.05, 0) is 60.7 Å². The maximum atomic E-state index is 14.0. The quantitative estimate of drug-likeness (QED) is 0.210. The highest BCUT2D eigenvalue weighted by atomic mass is 32.2. The first-order chi connectivity index (χ1) is 20.0. The van der Waals surface area contributed by atoms with Crippen molar-refractivity contribution in [3.8, 4) is 0 Å². The molecule has 250 valence electrons. The molecule has 0 amide bonds. The lowest BCUT2D eigenvalue weighted by atomic mass is 9.40. The van der Waals surface area contributed by atoms with Gasteiger partial charge in [0.25, 0.3) is 10.1 Å². The molecule has 0 heterocycles. The zero-order chi connectivity index (χ0) is 33.3. The van der Waals surface area contributed by atoms with E-state index in [1.165, 1.54) is 0 Å². The highest BCUT2D eigenvalue weighted by Gasteiger charge is 2.76. The molecule has 8 nitrogen and oxygen atoms in total. The lowest BCUT2D eigenvalue weighted by molar-refractivity contribution is -0.361. The van der Waals surface area contributed by atoms with Gasteiger partial charge in [0.1, 0.15) is 23.1 Å². The molecule has 1 N–H and O–H groups in total. The minimum Gasteiger partial charge on any atom is -0.438 e. The van der Waals surface area contributed by atoms with E-state index in [1.54, 1.807) is 13.8 Å². The largest absolute Gasteiger partial charge is 0.438 e. The molecule has 4 rings (SSSR count). The summed E-state index contributed by atoms with van der Waals surface area (Å²) in [5.74, 6) is -6.94. The molecule has 4 aliphatic rings. The van der Waals surface area contributed by atoms with Gasteiger partial charge in [0.2, 0.25) is 0 Å². The molecule has 4 fully saturated rings. The Morgan fingerprint density at radius 2 is 1.61 bits per heavy atom. The molecular weight excluding hydrogens is 622 g/mol. The minimum absolute atomic E-state index is 0.0160. The van der Waals surface area contributed by atoms with Crippen LogP contribution in [0.3, 0.4) is 0 Å². The molecule has 8 unspecified atom stereocenters. The van der Waals surface area contributed by atoms with Gasteiger partial charge in [-0.2, -0.15) is 34.8 Å². The number of carbonyl (C=O) groups excluding carboxylic acids is 4. The van der Waals surface area contributed by atoms with E-state index < -0.39 is 69.4 Å². The van der Waals surface area contributed by atoms with Crippen LogP contribution in [0.25, 0.3) is 0 Å². The number of ether oxygens (including phenoxy) is 1. The van der Waals surface area contributed by atoms with Gasteiger partial charge >= 0.3 is 23.9 Å². The Morgan fingerprint density at radius 3 is 2.18 bits per heavy atom. The van der Waals surface area contributed by atoms with E-state index in [2.05, 4.69) is 11.7 Å². The summed E-state index contributed by atoms with van der Waals surface area (Å²) in [7, 11) is -5.90. The van der Waals surface area contributed by atoms with Crippen molar-refractivity contribution in [3.63, 3.8) is 0 Å². The van der Waals surface area contributed by atoms with Crippen molar-refractivity contribution in [2.45, 2.75) is 103 Å². The average Bonchev–Trinajstić information content (AvgIpc) is 2.86. The van der Waals surface area contributed by atoms with Gasteiger partial charge in [-0.25, -0.2) is 0 Å². The van der Waals surface area contributed by atoms with E-state index in [9.17, 15) is 53.9 Å². The van der Waals surface area contributed by atoms with E-state index >= 15 is 0 Å². The molecular formula is C29H38F6O8S. The highest BCUT2D eigenvalue weighted by Crippen LogP contribution is 2.65. The van der Waals surface area contributed by atoms with Crippen LogP contribution in [-0.4, -0.2) is 60.0 Å². The summed E-state index contributed by atoms with van der Waals surface area (Å²) in [4.78, 5) is 52.2. The number of hydrogen-bond donors (Lipinski definition) is 1. The molecule has 44 heavy (non-hydrogen) atoms. The number of fused-ring (bicyclic) bond motifs is 5. The zero-order valence-electron chi connectivity index (χ0n) is 24.7. The fraction of sp³-hybridized carbons (Fsp3) is 0.862. The number of Topliss-reactive ketones (excluding diaryl/α,β-unsaturated/α-hetero) is 3. The molecule has 0 bridgehead atoms. The van der Waals surface area contributed by atoms with E-state index in [4.69, 9.17) is 4.55 Å². The van der Waals surface area contributed by atoms with Gasteiger partial charge < -0.3 is 4.74 Å². The topological polar surface area (TPSA) is 132 Å². The van der Waals surface area contributed by atoms with Crippen molar-refractivity contribution < 1.29 is 63.2 Å². The molecule has 0 aromatic heterocycles. The monoisotopic (exact) mass is 660 g/mol. The van der Waals surface area contributed by atoms with Crippen LogP contribution in [0.4, 0.5) is 26.3 Å². The van der Waals surface area contributed by atoms with Gasteiger partial charge in [-0.3, -0.25) is 23.7 Å². The standard InChI is InChI=1S/C29H38F6O8S/c1-15(7-8-23(39)43-27(28(30,31)32,29(33,34)35)14-44(40,41)42)18-5-4-6-19-24-20(13-22(38)26(18,19)3)25(2)10-9-17(36)11-16(25)12-21(24)37/h15-16,18-20,24H,4-14H2,1-3H3,(H,40,41,42). The average molecular weight is 661 g/mol. The van der Waals surface area contributed by atoms with Gasteiger partial charge in [0.15, 0.2) is 0 Å². The van der Waals surface area contributed by atoms with Gasteiger partial charge in [0.05, 0.1) is 0 Å². The van der Waals surface area contributed by atoms with Crippen LogP contribution in [0.15, 0.2) is 0 Å². The van der Waals surface area contributed by atoms with E-state index in [-0.39, 0.29) is 59.8 Å². The Labute approximate surface area is 251 Å². The minimum atomic E-state index is -6.41. The molecule has 15 heteroatoms. The Balaban J connectivity index is 1.54. The van der Waals surface area contributed by atoms with Crippen molar-refractivity contribution >= 4 is 33.4 Å². The predicted octanol–water partition coefficient (Wildman–Crippen LogP) is 5.67. The summed E-state index contributed by atoms with van der Waals surface area (Å²) in [6.07, 6.45) is -10.6. The van der Waals surface area contributed by atoms with Crippen LogP contribution < -0.4 is 0 Å². The second kappa shape index (κ2) is 11.3. The molecule has 0 aromatic carbocycles. The zero-order valence-corrected chi connectivity index (χ0v) is 25.5. The van der Waals surface area contributed by atoms with E-state index in [0.29, 0.717) is 38.5 Å². The highest BCUT2D eigenvalue weighted by molar-refractivity contribution is 7.85. The van der Waals surface area contributed by atoms with Crippen LogP contribution in [-0.2, 0) is 34.0 Å². The van der Waals surface area contributed by atoms with Crippen molar-refractivity contribution in [2.75, 3.05) is 5.75 Å². The molecule has 0 aromatic rings. The summed E-state index contributed by atoms with van der Waals surface area (Å²) < 4.78 is 116.